The van der Waals surface area contributed by atoms with Crippen LogP contribution >= 0.6 is 0 Å². The molecule has 0 bridgehead atoms. The van der Waals surface area contributed by atoms with Gasteiger partial charge in [0.15, 0.2) is 11.5 Å². The Morgan fingerprint density at radius 1 is 0.949 bits per heavy atom. The molecular formula is C25H21N5O9. The first kappa shape index (κ1) is 27.8. The number of carbonyl (C=O) groups excluding carboxylic acids is 2. The van der Waals surface area contributed by atoms with Crippen LogP contribution < -0.4 is 15.5 Å². The minimum atomic E-state index is -0.954. The highest BCUT2D eigenvalue weighted by Gasteiger charge is 2.21. The van der Waals surface area contributed by atoms with Gasteiger partial charge in [-0.15, -0.1) is 0 Å². The van der Waals surface area contributed by atoms with Crippen molar-refractivity contribution in [3.63, 3.8) is 0 Å². The fourth-order valence-electron chi connectivity index (χ4n) is 3.31. The van der Waals surface area contributed by atoms with E-state index in [4.69, 9.17) is 4.74 Å². The van der Waals surface area contributed by atoms with E-state index in [1.54, 1.807) is 18.2 Å². The maximum Gasteiger partial charge on any atom is 0.311 e. The van der Waals surface area contributed by atoms with E-state index in [9.17, 15) is 40.0 Å². The number of nitro benzene ring substituents is 2. The van der Waals surface area contributed by atoms with Crippen LogP contribution in [0.3, 0.4) is 0 Å². The number of phenols is 2. The first-order valence-electron chi connectivity index (χ1n) is 11.0. The van der Waals surface area contributed by atoms with Gasteiger partial charge in [-0.25, -0.2) is 5.43 Å². The topological polar surface area (TPSA) is 207 Å². The van der Waals surface area contributed by atoms with Crippen LogP contribution in [0.2, 0.25) is 0 Å². The standard InChI is InChI=1S/C25H21N5O9/c1-14(17-12-19(29(35)36)22(32)13-21(17)31)27-28-25(34)18(26-24(33)16-6-4-3-5-7-16)10-15-8-9-23(39-2)20(11-15)30(37)38/h3-13,31-32H,1-2H3,(H,26,33)(H,28,34)/b18-10-,27-14+. The predicted molar refractivity (Wildman–Crippen MR) is 138 cm³/mol. The molecule has 0 saturated heterocycles. The first-order chi connectivity index (χ1) is 18.5. The number of nitrogens with one attached hydrogen (secondary N) is 2. The molecule has 200 valence electrons. The summed E-state index contributed by atoms with van der Waals surface area (Å²) in [6.45, 7) is 1.33. The Morgan fingerprint density at radius 2 is 1.62 bits per heavy atom. The van der Waals surface area contributed by atoms with Crippen molar-refractivity contribution in [3.8, 4) is 17.2 Å². The molecule has 3 aromatic carbocycles. The van der Waals surface area contributed by atoms with Crippen molar-refractivity contribution in [2.45, 2.75) is 6.92 Å². The summed E-state index contributed by atoms with van der Waals surface area (Å²) in [7, 11) is 1.26. The zero-order chi connectivity index (χ0) is 28.7. The molecule has 0 atom stereocenters. The van der Waals surface area contributed by atoms with Gasteiger partial charge in [0.1, 0.15) is 11.4 Å². The van der Waals surface area contributed by atoms with Gasteiger partial charge >= 0.3 is 11.4 Å². The maximum atomic E-state index is 13.0. The average molecular weight is 535 g/mol. The molecule has 0 radical (unpaired) electrons. The number of hydrogen-bond acceptors (Lipinski definition) is 10. The fourth-order valence-corrected chi connectivity index (χ4v) is 3.31. The third-order valence-electron chi connectivity index (χ3n) is 5.24. The normalized spacial score (nSPS) is 11.4. The summed E-state index contributed by atoms with van der Waals surface area (Å²) in [5.74, 6) is -2.93. The van der Waals surface area contributed by atoms with Crippen LogP contribution in [-0.2, 0) is 4.79 Å². The number of nitro groups is 2. The van der Waals surface area contributed by atoms with Gasteiger partial charge in [0.05, 0.1) is 22.7 Å². The minimum absolute atomic E-state index is 0.0144. The van der Waals surface area contributed by atoms with Gasteiger partial charge < -0.3 is 20.3 Å². The highest BCUT2D eigenvalue weighted by molar-refractivity contribution is 6.07. The highest BCUT2D eigenvalue weighted by Crippen LogP contribution is 2.33. The number of rotatable bonds is 9. The molecule has 0 saturated carbocycles. The van der Waals surface area contributed by atoms with E-state index in [1.807, 2.05) is 0 Å². The number of hydrazone groups is 1. The lowest BCUT2D eigenvalue weighted by molar-refractivity contribution is -0.386. The summed E-state index contributed by atoms with van der Waals surface area (Å²) in [6, 6.07) is 13.5. The fraction of sp³-hybridized carbons (Fsp3) is 0.0800. The molecule has 0 unspecified atom stereocenters. The van der Waals surface area contributed by atoms with Crippen LogP contribution in [0.5, 0.6) is 17.2 Å². The number of amides is 2. The van der Waals surface area contributed by atoms with Crippen LogP contribution in [0.25, 0.3) is 6.08 Å². The van der Waals surface area contributed by atoms with Crippen LogP contribution in [0, 0.1) is 20.2 Å². The molecule has 0 heterocycles. The second kappa shape index (κ2) is 12.0. The Bertz CT molecular complexity index is 1520. The van der Waals surface area contributed by atoms with Gasteiger partial charge in [0.25, 0.3) is 11.8 Å². The number of methoxy groups -OCH3 is 1. The molecule has 14 heteroatoms. The van der Waals surface area contributed by atoms with Gasteiger partial charge in [-0.3, -0.25) is 29.8 Å². The molecule has 3 aromatic rings. The molecular weight excluding hydrogens is 514 g/mol. The van der Waals surface area contributed by atoms with E-state index in [2.05, 4.69) is 15.8 Å². The molecule has 14 nitrogen and oxygen atoms in total. The van der Waals surface area contributed by atoms with E-state index in [0.29, 0.717) is 0 Å². The van der Waals surface area contributed by atoms with E-state index in [1.165, 1.54) is 44.4 Å². The monoisotopic (exact) mass is 535 g/mol. The molecule has 0 aromatic heterocycles. The van der Waals surface area contributed by atoms with E-state index in [0.717, 1.165) is 18.2 Å². The number of benzene rings is 3. The van der Waals surface area contributed by atoms with Crippen molar-refractivity contribution < 1.29 is 34.4 Å². The lowest BCUT2D eigenvalue weighted by atomic mass is 10.1. The van der Waals surface area contributed by atoms with Crippen LogP contribution in [0.15, 0.2) is 71.5 Å². The first-order valence-corrected chi connectivity index (χ1v) is 11.0. The average Bonchev–Trinajstić information content (AvgIpc) is 2.91. The zero-order valence-corrected chi connectivity index (χ0v) is 20.4. The molecule has 0 fully saturated rings. The zero-order valence-electron chi connectivity index (χ0n) is 20.4. The largest absolute Gasteiger partial charge is 0.507 e. The molecule has 3 rings (SSSR count). The Hall–Kier alpha value is -5.79. The molecule has 0 aliphatic heterocycles. The third-order valence-corrected chi connectivity index (χ3v) is 5.24. The predicted octanol–water partition coefficient (Wildman–Crippen LogP) is 3.23. The number of ether oxygens (including phenoxy) is 1. The smallest absolute Gasteiger partial charge is 0.311 e. The summed E-state index contributed by atoms with van der Waals surface area (Å²) >= 11 is 0. The molecule has 0 aliphatic rings. The Balaban J connectivity index is 1.98. The SMILES string of the molecule is COc1ccc(/C=C(\NC(=O)c2ccccc2)C(=O)N/N=C(\C)c2cc([N+](=O)[O-])c(O)cc2O)cc1[N+](=O)[O-]. The maximum absolute atomic E-state index is 13.0. The van der Waals surface area contributed by atoms with Gasteiger partial charge in [-0.2, -0.15) is 5.10 Å². The number of carbonyl (C=O) groups is 2. The summed E-state index contributed by atoms with van der Waals surface area (Å²) < 4.78 is 4.98. The van der Waals surface area contributed by atoms with Gasteiger partial charge in [-0.05, 0) is 36.8 Å². The van der Waals surface area contributed by atoms with Crippen molar-refractivity contribution in [1.29, 1.82) is 0 Å². The lowest BCUT2D eigenvalue weighted by Crippen LogP contribution is -2.33. The number of nitrogens with zero attached hydrogens (tertiary/aromatic N) is 3. The summed E-state index contributed by atoms with van der Waals surface area (Å²) in [5.41, 5.74) is 0.930. The van der Waals surface area contributed by atoms with Crippen molar-refractivity contribution in [2.75, 3.05) is 7.11 Å². The number of hydrogen-bond donors (Lipinski definition) is 4. The Kier molecular flexibility index (Phi) is 8.53. The quantitative estimate of drug-likeness (QED) is 0.137. The Morgan fingerprint density at radius 3 is 2.23 bits per heavy atom. The molecule has 4 N–H and O–H groups in total. The Labute approximate surface area is 220 Å². The van der Waals surface area contributed by atoms with Crippen LogP contribution in [0.4, 0.5) is 11.4 Å². The van der Waals surface area contributed by atoms with Crippen molar-refractivity contribution in [1.82, 2.24) is 10.7 Å². The number of phenolic OH excluding ortho intramolecular Hbond substituents is 2. The summed E-state index contributed by atoms with van der Waals surface area (Å²) in [6.07, 6.45) is 1.18. The highest BCUT2D eigenvalue weighted by atomic mass is 16.6. The van der Waals surface area contributed by atoms with Crippen LogP contribution in [0.1, 0.15) is 28.4 Å². The van der Waals surface area contributed by atoms with Gasteiger partial charge in [0, 0.05) is 29.3 Å². The summed E-state index contributed by atoms with van der Waals surface area (Å²) in [5, 5.41) is 48.5. The van der Waals surface area contributed by atoms with Crippen molar-refractivity contribution in [3.05, 3.63) is 103 Å². The third kappa shape index (κ3) is 6.71. The molecule has 0 aliphatic carbocycles. The van der Waals surface area contributed by atoms with Crippen molar-refractivity contribution in [2.24, 2.45) is 5.10 Å². The van der Waals surface area contributed by atoms with Gasteiger partial charge in [-0.1, -0.05) is 24.3 Å². The molecule has 39 heavy (non-hydrogen) atoms. The van der Waals surface area contributed by atoms with E-state index >= 15 is 0 Å². The number of aromatic hydroxyl groups is 2. The van der Waals surface area contributed by atoms with Crippen LogP contribution in [-0.4, -0.2) is 44.7 Å². The van der Waals surface area contributed by atoms with Gasteiger partial charge in [0.2, 0.25) is 0 Å². The minimum Gasteiger partial charge on any atom is -0.507 e. The second-order valence-corrected chi connectivity index (χ2v) is 7.82. The van der Waals surface area contributed by atoms with Crippen molar-refractivity contribution >= 4 is 35.0 Å². The molecule has 2 amide bonds. The second-order valence-electron chi connectivity index (χ2n) is 7.82. The van der Waals surface area contributed by atoms with E-state index in [-0.39, 0.29) is 39.5 Å². The summed E-state index contributed by atoms with van der Waals surface area (Å²) in [4.78, 5) is 46.8. The molecule has 0 spiro atoms. The lowest BCUT2D eigenvalue weighted by Gasteiger charge is -2.11. The van der Waals surface area contributed by atoms with E-state index < -0.39 is 38.8 Å².